The molecule has 1 aliphatic rings. The minimum atomic E-state index is 0.131. The summed E-state index contributed by atoms with van der Waals surface area (Å²) in [7, 11) is 0. The van der Waals surface area contributed by atoms with Gasteiger partial charge in [-0.2, -0.15) is 5.10 Å². The van der Waals surface area contributed by atoms with E-state index in [-0.39, 0.29) is 6.61 Å². The van der Waals surface area contributed by atoms with Crippen molar-refractivity contribution in [1.29, 1.82) is 0 Å². The first kappa shape index (κ1) is 17.9. The van der Waals surface area contributed by atoms with Crippen molar-refractivity contribution in [2.75, 3.05) is 31.6 Å². The van der Waals surface area contributed by atoms with Crippen LogP contribution in [0.25, 0.3) is 0 Å². The molecule has 2 aromatic heterocycles. The number of pyridine rings is 1. The lowest BCUT2D eigenvalue weighted by Gasteiger charge is -2.17. The van der Waals surface area contributed by atoms with Gasteiger partial charge in [0.2, 0.25) is 0 Å². The summed E-state index contributed by atoms with van der Waals surface area (Å²) in [5.74, 6) is 1.62. The molecular formula is C19H29N5O. The molecule has 0 amide bonds. The van der Waals surface area contributed by atoms with Crippen molar-refractivity contribution in [2.45, 2.75) is 40.3 Å². The number of nitrogens with one attached hydrogen (secondary N) is 1. The quantitative estimate of drug-likeness (QED) is 0.806. The number of hydrogen-bond acceptors (Lipinski definition) is 5. The van der Waals surface area contributed by atoms with Gasteiger partial charge in [-0.05, 0) is 51.8 Å². The molecular weight excluding hydrogens is 314 g/mol. The molecule has 136 valence electrons. The van der Waals surface area contributed by atoms with E-state index in [1.165, 1.54) is 17.7 Å². The van der Waals surface area contributed by atoms with E-state index in [2.05, 4.69) is 34.1 Å². The predicted molar refractivity (Wildman–Crippen MR) is 99.6 cm³/mol. The Hall–Kier alpha value is -1.92. The van der Waals surface area contributed by atoms with Crippen LogP contribution in [0.15, 0.2) is 18.2 Å². The molecule has 2 aromatic rings. The molecule has 0 aliphatic carbocycles. The molecule has 0 saturated carbocycles. The largest absolute Gasteiger partial charge is 0.394 e. The zero-order valence-corrected chi connectivity index (χ0v) is 15.5. The van der Waals surface area contributed by atoms with Crippen LogP contribution in [-0.4, -0.2) is 51.0 Å². The van der Waals surface area contributed by atoms with Gasteiger partial charge in [0.1, 0.15) is 5.82 Å². The van der Waals surface area contributed by atoms with Crippen LogP contribution >= 0.6 is 0 Å². The number of likely N-dealkylation sites (tertiary alicyclic amines) is 1. The minimum Gasteiger partial charge on any atom is -0.394 e. The standard InChI is InChI=1S/C19H29N5O/c1-14-5-4-6-19(21-14)20-11-17-7-8-23(12-17)13-18-15(2)22-24(9-10-25)16(18)3/h4-6,17,25H,7-13H2,1-3H3,(H,20,21). The Balaban J connectivity index is 1.53. The van der Waals surface area contributed by atoms with E-state index in [1.54, 1.807) is 0 Å². The summed E-state index contributed by atoms with van der Waals surface area (Å²) in [5, 5.41) is 17.2. The predicted octanol–water partition coefficient (Wildman–Crippen LogP) is 2.13. The molecule has 6 heteroatoms. The lowest BCUT2D eigenvalue weighted by molar-refractivity contribution is 0.267. The summed E-state index contributed by atoms with van der Waals surface area (Å²) < 4.78 is 1.92. The minimum absolute atomic E-state index is 0.131. The zero-order valence-electron chi connectivity index (χ0n) is 15.5. The van der Waals surface area contributed by atoms with Crippen molar-refractivity contribution in [2.24, 2.45) is 5.92 Å². The van der Waals surface area contributed by atoms with Crippen LogP contribution in [-0.2, 0) is 13.1 Å². The number of anilines is 1. The topological polar surface area (TPSA) is 66.2 Å². The Bertz CT molecular complexity index is 712. The molecule has 1 aliphatic heterocycles. The van der Waals surface area contributed by atoms with Gasteiger partial charge in [0, 0.05) is 36.6 Å². The molecule has 3 rings (SSSR count). The number of rotatable bonds is 7. The van der Waals surface area contributed by atoms with Gasteiger partial charge in [-0.3, -0.25) is 9.58 Å². The highest BCUT2D eigenvalue weighted by Gasteiger charge is 2.24. The van der Waals surface area contributed by atoms with E-state index in [1.807, 2.05) is 29.8 Å². The number of aliphatic hydroxyl groups excluding tert-OH is 1. The summed E-state index contributed by atoms with van der Waals surface area (Å²) in [4.78, 5) is 7.02. The van der Waals surface area contributed by atoms with Gasteiger partial charge in [0.05, 0.1) is 18.8 Å². The number of aliphatic hydroxyl groups is 1. The smallest absolute Gasteiger partial charge is 0.126 e. The maximum absolute atomic E-state index is 9.15. The fourth-order valence-corrected chi connectivity index (χ4v) is 3.61. The molecule has 1 atom stereocenters. The molecule has 1 fully saturated rings. The molecule has 3 heterocycles. The summed E-state index contributed by atoms with van der Waals surface area (Å²) in [5.41, 5.74) is 4.61. The summed E-state index contributed by atoms with van der Waals surface area (Å²) in [6.45, 7) is 11.0. The Kier molecular flexibility index (Phi) is 5.71. The van der Waals surface area contributed by atoms with E-state index >= 15 is 0 Å². The Morgan fingerprint density at radius 1 is 1.28 bits per heavy atom. The number of nitrogens with zero attached hydrogens (tertiary/aromatic N) is 4. The SMILES string of the molecule is Cc1cccc(NCC2CCN(Cc3c(C)nn(CCO)c3C)C2)n1. The maximum atomic E-state index is 9.15. The van der Waals surface area contributed by atoms with Gasteiger partial charge >= 0.3 is 0 Å². The molecule has 0 bridgehead atoms. The number of hydrogen-bond donors (Lipinski definition) is 2. The average Bonchev–Trinajstić information content (AvgIpc) is 3.14. The number of aryl methyl sites for hydroxylation is 2. The van der Waals surface area contributed by atoms with E-state index < -0.39 is 0 Å². The fraction of sp³-hybridized carbons (Fsp3) is 0.579. The molecule has 0 aromatic carbocycles. The van der Waals surface area contributed by atoms with Crippen LogP contribution < -0.4 is 5.32 Å². The molecule has 0 spiro atoms. The van der Waals surface area contributed by atoms with E-state index in [0.29, 0.717) is 12.5 Å². The Morgan fingerprint density at radius 3 is 2.88 bits per heavy atom. The normalized spacial score (nSPS) is 18.0. The van der Waals surface area contributed by atoms with E-state index in [9.17, 15) is 0 Å². The van der Waals surface area contributed by atoms with Crippen LogP contribution in [0, 0.1) is 26.7 Å². The van der Waals surface area contributed by atoms with Gasteiger partial charge in [0.15, 0.2) is 0 Å². The highest BCUT2D eigenvalue weighted by atomic mass is 16.3. The highest BCUT2D eigenvalue weighted by Crippen LogP contribution is 2.22. The highest BCUT2D eigenvalue weighted by molar-refractivity contribution is 5.35. The monoisotopic (exact) mass is 343 g/mol. The van der Waals surface area contributed by atoms with Crippen LogP contribution in [0.3, 0.4) is 0 Å². The van der Waals surface area contributed by atoms with Crippen LogP contribution in [0.5, 0.6) is 0 Å². The third kappa shape index (κ3) is 4.38. The maximum Gasteiger partial charge on any atom is 0.126 e. The van der Waals surface area contributed by atoms with Crippen molar-refractivity contribution in [3.63, 3.8) is 0 Å². The van der Waals surface area contributed by atoms with Crippen molar-refractivity contribution in [3.8, 4) is 0 Å². The average molecular weight is 343 g/mol. The first-order valence-electron chi connectivity index (χ1n) is 9.10. The first-order chi connectivity index (χ1) is 12.1. The molecule has 0 radical (unpaired) electrons. The van der Waals surface area contributed by atoms with Gasteiger partial charge in [-0.25, -0.2) is 4.98 Å². The van der Waals surface area contributed by atoms with Gasteiger partial charge in [-0.1, -0.05) is 6.07 Å². The van der Waals surface area contributed by atoms with Crippen LogP contribution in [0.4, 0.5) is 5.82 Å². The van der Waals surface area contributed by atoms with E-state index in [0.717, 1.165) is 43.4 Å². The molecule has 6 nitrogen and oxygen atoms in total. The Morgan fingerprint density at radius 2 is 2.12 bits per heavy atom. The summed E-state index contributed by atoms with van der Waals surface area (Å²) in [6.07, 6.45) is 1.21. The third-order valence-electron chi connectivity index (χ3n) is 5.06. The second-order valence-corrected chi connectivity index (χ2v) is 7.03. The lowest BCUT2D eigenvalue weighted by Crippen LogP contribution is -2.23. The molecule has 2 N–H and O–H groups in total. The number of aromatic nitrogens is 3. The zero-order chi connectivity index (χ0) is 17.8. The van der Waals surface area contributed by atoms with Gasteiger partial charge < -0.3 is 10.4 Å². The molecule has 1 unspecified atom stereocenters. The second kappa shape index (κ2) is 7.97. The third-order valence-corrected chi connectivity index (χ3v) is 5.06. The van der Waals surface area contributed by atoms with Crippen molar-refractivity contribution >= 4 is 5.82 Å². The first-order valence-corrected chi connectivity index (χ1v) is 9.10. The summed E-state index contributed by atoms with van der Waals surface area (Å²) in [6, 6.07) is 6.09. The van der Waals surface area contributed by atoms with Crippen molar-refractivity contribution < 1.29 is 5.11 Å². The van der Waals surface area contributed by atoms with Crippen molar-refractivity contribution in [3.05, 3.63) is 40.8 Å². The van der Waals surface area contributed by atoms with Crippen LogP contribution in [0.1, 0.15) is 29.1 Å². The van der Waals surface area contributed by atoms with Gasteiger partial charge in [0.25, 0.3) is 0 Å². The van der Waals surface area contributed by atoms with E-state index in [4.69, 9.17) is 5.11 Å². The van der Waals surface area contributed by atoms with Crippen molar-refractivity contribution in [1.82, 2.24) is 19.7 Å². The van der Waals surface area contributed by atoms with Gasteiger partial charge in [-0.15, -0.1) is 0 Å². The molecule has 25 heavy (non-hydrogen) atoms. The lowest BCUT2D eigenvalue weighted by atomic mass is 10.1. The Labute approximate surface area is 149 Å². The second-order valence-electron chi connectivity index (χ2n) is 7.03. The molecule has 1 saturated heterocycles. The van der Waals surface area contributed by atoms with Crippen LogP contribution in [0.2, 0.25) is 0 Å². The fourth-order valence-electron chi connectivity index (χ4n) is 3.61. The summed E-state index contributed by atoms with van der Waals surface area (Å²) >= 11 is 0.